The van der Waals surface area contributed by atoms with Crippen molar-refractivity contribution in [2.45, 2.75) is 59.0 Å². The second kappa shape index (κ2) is 42.9. The number of hydrogen-bond acceptors (Lipinski definition) is 20. The van der Waals surface area contributed by atoms with Crippen LogP contribution in [0.2, 0.25) is 0 Å². The first-order valence-corrected chi connectivity index (χ1v) is 45.3. The number of carbonyl (C=O) groups excluding carboxylic acids is 4. The highest BCUT2D eigenvalue weighted by atomic mass is 32.2. The van der Waals surface area contributed by atoms with E-state index in [0.717, 1.165) is 122 Å². The van der Waals surface area contributed by atoms with E-state index < -0.39 is 0 Å². The molecule has 0 atom stereocenters. The third kappa shape index (κ3) is 22.6. The SMILES string of the molecule is CCCCN1C(=O)/C(=C/c2ccc3c(c2)OCCO3)SC1=NCc1ccccc1.Cc1ccc(N=C2S/C(=C\c3ccc4c(c3)OCCO4)C(=O)N2c2ccccc2)cc1.O=C1/C(=C/c2ccc3c(c2)OCCO3)SC(=NCCCc2ccccc2)N1c1ccccc1.O=C1/C(=C/c2ccc3c(c2)OCCO3)SC(=NCc2ccccc2)N1CCc1ccccc1. The van der Waals surface area contributed by atoms with Gasteiger partial charge in [0.25, 0.3) is 23.6 Å². The van der Waals surface area contributed by atoms with Gasteiger partial charge in [-0.2, -0.15) is 0 Å². The van der Waals surface area contributed by atoms with Gasteiger partial charge in [-0.05, 0) is 233 Å². The zero-order valence-corrected chi connectivity index (χ0v) is 73.0. The molecule has 8 heterocycles. The number of unbranched alkanes of at least 4 members (excludes halogenated alkanes) is 1. The third-order valence-corrected chi connectivity index (χ3v) is 24.6. The topological polar surface area (TPSA) is 205 Å². The first-order chi connectivity index (χ1) is 61.9. The molecule has 0 unspecified atom stereocenters. The van der Waals surface area contributed by atoms with Crippen molar-refractivity contribution in [1.82, 2.24) is 9.80 Å². The lowest BCUT2D eigenvalue weighted by molar-refractivity contribution is -0.123. The van der Waals surface area contributed by atoms with Gasteiger partial charge < -0.3 is 37.9 Å². The molecule has 11 aromatic carbocycles. The molecule has 19 rings (SSSR count). The molecule has 20 nitrogen and oxygen atoms in total. The first kappa shape index (κ1) is 86.3. The van der Waals surface area contributed by atoms with Crippen LogP contribution in [0.15, 0.2) is 319 Å². The molecule has 0 radical (unpaired) electrons. The molecule has 8 aliphatic heterocycles. The van der Waals surface area contributed by atoms with Crippen LogP contribution < -0.4 is 47.7 Å². The predicted molar refractivity (Wildman–Crippen MR) is 509 cm³/mol. The monoisotopic (exact) mass is 1750 g/mol. The Bertz CT molecular complexity index is 5960. The molecule has 11 aromatic rings. The van der Waals surface area contributed by atoms with Gasteiger partial charge in [-0.25, -0.2) is 4.99 Å². The highest BCUT2D eigenvalue weighted by Crippen LogP contribution is 2.43. The Kier molecular flexibility index (Phi) is 29.4. The van der Waals surface area contributed by atoms with Crippen LogP contribution in [0.1, 0.15) is 76.3 Å². The predicted octanol–water partition coefficient (Wildman–Crippen LogP) is 21.0. The zero-order chi connectivity index (χ0) is 86.2. The fraction of sp³-hybridized carbons (Fsp3) is 0.196. The molecule has 0 bridgehead atoms. The smallest absolute Gasteiger partial charge is 0.271 e. The number of carbonyl (C=O) groups is 4. The van der Waals surface area contributed by atoms with E-state index >= 15 is 0 Å². The number of thioether (sulfide) groups is 4. The fourth-order valence-corrected chi connectivity index (χ4v) is 18.1. The number of aliphatic imine (C=N–C) groups is 4. The van der Waals surface area contributed by atoms with Crippen molar-refractivity contribution in [1.29, 1.82) is 0 Å². The number of rotatable bonds is 21. The summed E-state index contributed by atoms with van der Waals surface area (Å²) >= 11 is 5.66. The van der Waals surface area contributed by atoms with Crippen molar-refractivity contribution in [3.63, 3.8) is 0 Å². The molecule has 24 heteroatoms. The van der Waals surface area contributed by atoms with Crippen molar-refractivity contribution < 1.29 is 57.1 Å². The maximum atomic E-state index is 13.4. The van der Waals surface area contributed by atoms with E-state index in [0.29, 0.717) is 133 Å². The van der Waals surface area contributed by atoms with Crippen molar-refractivity contribution in [3.8, 4) is 46.0 Å². The number of fused-ring (bicyclic) bond motifs is 4. The molecule has 0 aliphatic carbocycles. The maximum Gasteiger partial charge on any atom is 0.271 e. The van der Waals surface area contributed by atoms with E-state index in [4.69, 9.17) is 57.9 Å². The molecular formula is C102H92N8O12S4. The van der Waals surface area contributed by atoms with Crippen molar-refractivity contribution in [2.75, 3.05) is 82.3 Å². The van der Waals surface area contributed by atoms with E-state index in [1.165, 1.54) is 63.7 Å². The van der Waals surface area contributed by atoms with Gasteiger partial charge in [0.1, 0.15) is 52.9 Å². The Hall–Kier alpha value is -13.3. The first-order valence-electron chi connectivity index (χ1n) is 42.0. The van der Waals surface area contributed by atoms with E-state index in [2.05, 4.69) is 43.3 Å². The summed E-state index contributed by atoms with van der Waals surface area (Å²) in [7, 11) is 0. The van der Waals surface area contributed by atoms with Crippen LogP contribution in [0.5, 0.6) is 46.0 Å². The van der Waals surface area contributed by atoms with E-state index in [1.54, 1.807) is 19.6 Å². The Morgan fingerprint density at radius 1 is 0.317 bits per heavy atom. The Morgan fingerprint density at radius 3 is 1.03 bits per heavy atom. The number of aryl methyl sites for hydroxylation is 2. The highest BCUT2D eigenvalue weighted by molar-refractivity contribution is 8.20. The average molecular weight is 1750 g/mol. The van der Waals surface area contributed by atoms with Gasteiger partial charge in [0.15, 0.2) is 66.7 Å². The van der Waals surface area contributed by atoms with Gasteiger partial charge in [-0.1, -0.05) is 213 Å². The molecule has 0 aromatic heterocycles. The van der Waals surface area contributed by atoms with Gasteiger partial charge in [0, 0.05) is 19.6 Å². The van der Waals surface area contributed by atoms with Crippen molar-refractivity contribution in [3.05, 3.63) is 349 Å². The quantitative estimate of drug-likeness (QED) is 0.0484. The minimum absolute atomic E-state index is 0.0161. The number of amides is 4. The molecule has 0 spiro atoms. The maximum absolute atomic E-state index is 13.4. The summed E-state index contributed by atoms with van der Waals surface area (Å²) in [5, 5.41) is 2.85. The van der Waals surface area contributed by atoms with E-state index in [-0.39, 0.29) is 23.6 Å². The number of para-hydroxylation sites is 2. The van der Waals surface area contributed by atoms with Crippen molar-refractivity contribution >= 4 is 133 Å². The summed E-state index contributed by atoms with van der Waals surface area (Å²) < 4.78 is 45.1. The van der Waals surface area contributed by atoms with Gasteiger partial charge in [0.05, 0.1) is 49.8 Å². The van der Waals surface area contributed by atoms with Gasteiger partial charge in [0.2, 0.25) is 0 Å². The molecule has 126 heavy (non-hydrogen) atoms. The van der Waals surface area contributed by atoms with Crippen LogP contribution in [-0.2, 0) is 45.1 Å². The summed E-state index contributed by atoms with van der Waals surface area (Å²) in [6.45, 7) is 11.5. The number of amidine groups is 4. The number of hydrogen-bond donors (Lipinski definition) is 0. The fourth-order valence-electron chi connectivity index (χ4n) is 14.1. The lowest BCUT2D eigenvalue weighted by atomic mass is 10.1. The second-order valence-corrected chi connectivity index (χ2v) is 33.7. The Labute approximate surface area is 750 Å². The number of anilines is 2. The minimum atomic E-state index is -0.100. The third-order valence-electron chi connectivity index (χ3n) is 20.5. The normalized spacial score (nSPS) is 18.0. The van der Waals surface area contributed by atoms with Crippen molar-refractivity contribution in [2.24, 2.45) is 20.0 Å². The van der Waals surface area contributed by atoms with E-state index in [1.807, 2.05) is 274 Å². The average Bonchev–Trinajstić information content (AvgIpc) is 1.64. The van der Waals surface area contributed by atoms with Gasteiger partial charge in [-0.15, -0.1) is 0 Å². The summed E-state index contributed by atoms with van der Waals surface area (Å²) in [5.41, 5.74) is 11.9. The number of benzene rings is 11. The van der Waals surface area contributed by atoms with Crippen LogP contribution in [0.25, 0.3) is 24.3 Å². The largest absolute Gasteiger partial charge is 0.486 e. The lowest BCUT2D eigenvalue weighted by Crippen LogP contribution is -2.31. The standard InChI is InChI=1S/2C27H24N2O3S.C25H20N2O3S.C23H24N2O3S/c30-26-25(19-21-13-14-23-24(18-21)32-17-16-31-23)33-27(29(26)22-11-5-2-6-12-22)28-15-7-10-20-8-3-1-4-9-20;30-26-25(18-22-11-12-23-24(17-22)32-16-15-31-23)33-27(28-19-21-9-5-2-6-10-21)29(26)14-13-20-7-3-1-4-8-20;1-17-7-10-19(11-8-17)26-25-27(20-5-3-2-4-6-20)24(28)23(31-25)16-18-9-12-21-22(15-18)30-14-13-29-21;1-2-3-11-25-22(26)21(29-23(25)24-16-17-7-5-4-6-8-17)15-18-9-10-19-20(14-18)28-13-12-27-19/h1-6,8-9,11-14,18-19H,7,10,15-17H2;1-12,17-18H,13-16,19H2;2-12,15-16H,13-14H2,1H3;4-10,14-15H,2-3,11-13,16H2,1H3/b25-19-,28-27?;25-18-,28-27?;23-16-,26-25?;21-15-,24-23?. The molecule has 4 amide bonds. The van der Waals surface area contributed by atoms with Crippen LogP contribution in [-0.4, -0.2) is 127 Å². The molecule has 0 N–H and O–H groups in total. The lowest BCUT2D eigenvalue weighted by Gasteiger charge is -2.18. The Morgan fingerprint density at radius 2 is 0.643 bits per heavy atom. The summed E-state index contributed by atoms with van der Waals surface area (Å²) in [4.78, 5) is 81.8. The van der Waals surface area contributed by atoms with Crippen LogP contribution >= 0.6 is 47.0 Å². The number of ether oxygens (including phenoxy) is 8. The van der Waals surface area contributed by atoms with Gasteiger partial charge >= 0.3 is 0 Å². The minimum Gasteiger partial charge on any atom is -0.486 e. The van der Waals surface area contributed by atoms with E-state index in [9.17, 15) is 19.2 Å². The van der Waals surface area contributed by atoms with Gasteiger partial charge in [-0.3, -0.25) is 53.8 Å². The highest BCUT2D eigenvalue weighted by Gasteiger charge is 2.38. The van der Waals surface area contributed by atoms with Crippen LogP contribution in [0.4, 0.5) is 17.1 Å². The molecular weight excluding hydrogens is 1660 g/mol. The molecule has 8 aliphatic rings. The van der Waals surface area contributed by atoms with Crippen LogP contribution in [0, 0.1) is 6.92 Å². The van der Waals surface area contributed by atoms with Crippen LogP contribution in [0.3, 0.4) is 0 Å². The Balaban J connectivity index is 0.000000124. The molecule has 636 valence electrons. The molecule has 0 saturated carbocycles. The summed E-state index contributed by atoms with van der Waals surface area (Å²) in [5.74, 6) is 5.63. The second-order valence-electron chi connectivity index (χ2n) is 29.7. The molecule has 4 fully saturated rings. The number of nitrogens with zero attached hydrogens (tertiary/aromatic N) is 8. The summed E-state index contributed by atoms with van der Waals surface area (Å²) in [6.07, 6.45) is 12.2. The molecule has 4 saturated heterocycles. The summed E-state index contributed by atoms with van der Waals surface area (Å²) in [6, 6.07) is 91.0. The zero-order valence-electron chi connectivity index (χ0n) is 69.7.